The van der Waals surface area contributed by atoms with Gasteiger partial charge < -0.3 is 25.1 Å². The van der Waals surface area contributed by atoms with E-state index in [9.17, 15) is 24.6 Å². The van der Waals surface area contributed by atoms with Gasteiger partial charge in [-0.15, -0.1) is 0 Å². The van der Waals surface area contributed by atoms with Gasteiger partial charge >= 0.3 is 103 Å². The molecule has 0 rings (SSSR count). The van der Waals surface area contributed by atoms with E-state index in [1.165, 1.54) is 44.9 Å². The maximum Gasteiger partial charge on any atom is 1.00 e. The first-order chi connectivity index (χ1) is 11.5. The van der Waals surface area contributed by atoms with Crippen LogP contribution in [0.25, 0.3) is 0 Å². The van der Waals surface area contributed by atoms with Crippen LogP contribution in [0.5, 0.6) is 0 Å². The molecule has 0 spiro atoms. The predicted molar refractivity (Wildman–Crippen MR) is 87.6 cm³/mol. The summed E-state index contributed by atoms with van der Waals surface area (Å²) in [5.74, 6) is -3.59. The Bertz CT molecular complexity index is 381. The number of nitrogens with one attached hydrogen (secondary N) is 1. The van der Waals surface area contributed by atoms with Gasteiger partial charge in [0.1, 0.15) is 0 Å². The molecule has 8 heteroatoms. The van der Waals surface area contributed by atoms with Crippen LogP contribution in [0.15, 0.2) is 0 Å². The Balaban J connectivity index is -0.00000264. The zero-order valence-corrected chi connectivity index (χ0v) is 23.1. The molecule has 0 fully saturated rings. The van der Waals surface area contributed by atoms with E-state index in [4.69, 9.17) is 0 Å². The number of aliphatic carboxylic acids is 2. The molecule has 0 bridgehead atoms. The predicted octanol–water partition coefficient (Wildman–Crippen LogP) is -4.93. The summed E-state index contributed by atoms with van der Waals surface area (Å²) in [6.07, 6.45) is 12.3. The van der Waals surface area contributed by atoms with Crippen molar-refractivity contribution in [3.05, 3.63) is 0 Å². The summed E-state index contributed by atoms with van der Waals surface area (Å²) in [6, 6.07) is -1.52. The molecule has 0 saturated heterocycles. The minimum absolute atomic E-state index is 0. The minimum Gasteiger partial charge on any atom is -0.550 e. The van der Waals surface area contributed by atoms with E-state index in [2.05, 4.69) is 12.2 Å². The van der Waals surface area contributed by atoms with Gasteiger partial charge in [0.15, 0.2) is 0 Å². The van der Waals surface area contributed by atoms with Gasteiger partial charge in [-0.2, -0.15) is 0 Å². The zero-order chi connectivity index (χ0) is 18.2. The second-order valence-electron chi connectivity index (χ2n) is 6.30. The third-order valence-electron chi connectivity index (χ3n) is 4.00. The van der Waals surface area contributed by atoms with Crippen molar-refractivity contribution < 1.29 is 127 Å². The van der Waals surface area contributed by atoms with Crippen LogP contribution in [0.3, 0.4) is 0 Å². The molecule has 0 aliphatic heterocycles. The van der Waals surface area contributed by atoms with Gasteiger partial charge in [0.25, 0.3) is 0 Å². The maximum atomic E-state index is 11.6. The molecule has 140 valence electrons. The summed E-state index contributed by atoms with van der Waals surface area (Å²) < 4.78 is 0. The molecule has 0 aromatic rings. The average molecular weight is 420 g/mol. The number of amides is 1. The fraction of sp³-hybridized carbons (Fsp3) is 0.833. The van der Waals surface area contributed by atoms with Gasteiger partial charge in [-0.3, -0.25) is 4.79 Å². The van der Waals surface area contributed by atoms with Crippen LogP contribution in [0.1, 0.15) is 90.4 Å². The Labute approximate surface area is 242 Å². The minimum atomic E-state index is -1.61. The van der Waals surface area contributed by atoms with Crippen molar-refractivity contribution in [3.8, 4) is 0 Å². The van der Waals surface area contributed by atoms with E-state index in [1.807, 2.05) is 0 Å². The van der Waals surface area contributed by atoms with Crippen LogP contribution in [-0.2, 0) is 14.4 Å². The quantitative estimate of drug-likeness (QED) is 0.199. The third-order valence-corrected chi connectivity index (χ3v) is 4.00. The van der Waals surface area contributed by atoms with Crippen molar-refractivity contribution in [2.75, 3.05) is 0 Å². The first kappa shape index (κ1) is 32.4. The SMILES string of the molecule is CCCCCCCCCCCCCC(=O)NC(CC(=O)[O-])C(=O)[O-].[K+].[K+]. The Morgan fingerprint density at radius 3 is 1.58 bits per heavy atom. The molecule has 0 aliphatic carbocycles. The van der Waals surface area contributed by atoms with E-state index >= 15 is 0 Å². The first-order valence-corrected chi connectivity index (χ1v) is 9.17. The van der Waals surface area contributed by atoms with Crippen molar-refractivity contribution in [3.63, 3.8) is 0 Å². The van der Waals surface area contributed by atoms with Gasteiger partial charge in [-0.05, 0) is 6.42 Å². The van der Waals surface area contributed by atoms with Gasteiger partial charge in [-0.25, -0.2) is 0 Å². The van der Waals surface area contributed by atoms with Crippen LogP contribution in [0.4, 0.5) is 0 Å². The zero-order valence-electron chi connectivity index (χ0n) is 16.8. The fourth-order valence-electron chi connectivity index (χ4n) is 2.58. The normalized spacial score (nSPS) is 11.0. The molecule has 0 aliphatic rings. The number of carbonyl (C=O) groups excluding carboxylic acids is 3. The molecule has 1 unspecified atom stereocenters. The summed E-state index contributed by atoms with van der Waals surface area (Å²) in [6.45, 7) is 2.21. The third kappa shape index (κ3) is 22.0. The van der Waals surface area contributed by atoms with E-state index < -0.39 is 30.3 Å². The smallest absolute Gasteiger partial charge is 0.550 e. The van der Waals surface area contributed by atoms with E-state index in [0.717, 1.165) is 19.3 Å². The Kier molecular flexibility index (Phi) is 28.6. The number of carboxylic acids is 2. The van der Waals surface area contributed by atoms with Gasteiger partial charge in [0, 0.05) is 18.8 Å². The summed E-state index contributed by atoms with van der Waals surface area (Å²) in [5, 5.41) is 23.3. The molecule has 0 radical (unpaired) electrons. The monoisotopic (exact) mass is 419 g/mol. The van der Waals surface area contributed by atoms with Crippen LogP contribution >= 0.6 is 0 Å². The van der Waals surface area contributed by atoms with Crippen molar-refractivity contribution in [2.24, 2.45) is 0 Å². The molecule has 6 nitrogen and oxygen atoms in total. The largest absolute Gasteiger partial charge is 1.00 e. The molecule has 0 heterocycles. The molecule has 26 heavy (non-hydrogen) atoms. The summed E-state index contributed by atoms with van der Waals surface area (Å²) in [5.41, 5.74) is 0. The first-order valence-electron chi connectivity index (χ1n) is 9.17. The van der Waals surface area contributed by atoms with Gasteiger partial charge in [0.2, 0.25) is 5.91 Å². The molecule has 1 atom stereocenters. The van der Waals surface area contributed by atoms with E-state index in [0.29, 0.717) is 6.42 Å². The number of carbonyl (C=O) groups is 3. The molecule has 0 saturated carbocycles. The van der Waals surface area contributed by atoms with Crippen LogP contribution in [0, 0.1) is 0 Å². The number of rotatable bonds is 16. The van der Waals surface area contributed by atoms with Crippen LogP contribution < -0.4 is 118 Å². The summed E-state index contributed by atoms with van der Waals surface area (Å²) in [4.78, 5) is 32.7. The number of unbranched alkanes of at least 4 members (excludes halogenated alkanes) is 10. The molecule has 1 amide bonds. The Morgan fingerprint density at radius 2 is 1.19 bits per heavy atom. The van der Waals surface area contributed by atoms with Crippen molar-refractivity contribution in [2.45, 2.75) is 96.4 Å². The molecule has 0 aromatic carbocycles. The second-order valence-corrected chi connectivity index (χ2v) is 6.30. The van der Waals surface area contributed by atoms with E-state index in [-0.39, 0.29) is 109 Å². The molecular formula is C18H31K2NO5. The van der Waals surface area contributed by atoms with Crippen LogP contribution in [0.2, 0.25) is 0 Å². The Hall–Kier alpha value is 1.68. The number of hydrogen-bond acceptors (Lipinski definition) is 5. The van der Waals surface area contributed by atoms with Crippen molar-refractivity contribution >= 4 is 17.8 Å². The number of hydrogen-bond donors (Lipinski definition) is 1. The molecule has 0 aromatic heterocycles. The van der Waals surface area contributed by atoms with Crippen LogP contribution in [-0.4, -0.2) is 23.9 Å². The fourth-order valence-corrected chi connectivity index (χ4v) is 2.58. The Morgan fingerprint density at radius 1 is 0.769 bits per heavy atom. The standard InChI is InChI=1S/C18H33NO5.2K/c1-2-3-4-5-6-7-8-9-10-11-12-13-16(20)19-15(18(23)24)14-17(21)22;;/h15H,2-14H2,1H3,(H,19,20)(H,21,22)(H,23,24);;/q;2*+1/p-2. The summed E-state index contributed by atoms with van der Waals surface area (Å²) >= 11 is 0. The van der Waals surface area contributed by atoms with Crippen molar-refractivity contribution in [1.29, 1.82) is 0 Å². The van der Waals surface area contributed by atoms with Crippen molar-refractivity contribution in [1.82, 2.24) is 5.32 Å². The second kappa shape index (κ2) is 23.0. The average Bonchev–Trinajstić information content (AvgIpc) is 2.51. The topological polar surface area (TPSA) is 109 Å². The summed E-state index contributed by atoms with van der Waals surface area (Å²) in [7, 11) is 0. The maximum absolute atomic E-state index is 11.6. The van der Waals surface area contributed by atoms with Gasteiger partial charge in [0.05, 0.1) is 12.0 Å². The number of carboxylic acid groups (broad SMARTS) is 2. The molecular weight excluding hydrogens is 388 g/mol. The van der Waals surface area contributed by atoms with Gasteiger partial charge in [-0.1, -0.05) is 71.1 Å². The van der Waals surface area contributed by atoms with E-state index in [1.54, 1.807) is 0 Å². The molecule has 1 N–H and O–H groups in total.